The van der Waals surface area contributed by atoms with Crippen molar-refractivity contribution in [1.82, 2.24) is 0 Å². The zero-order valence-electron chi connectivity index (χ0n) is 8.93. The molecule has 0 radical (unpaired) electrons. The van der Waals surface area contributed by atoms with Crippen molar-refractivity contribution >= 4 is 11.9 Å². The predicted molar refractivity (Wildman–Crippen MR) is 50.9 cm³/mol. The van der Waals surface area contributed by atoms with Gasteiger partial charge in [0.15, 0.2) is 0 Å². The molecule has 1 aliphatic carbocycles. The van der Waals surface area contributed by atoms with E-state index in [-0.39, 0.29) is 18.0 Å². The molecule has 1 rings (SSSR count). The molecule has 0 aromatic carbocycles. The Bertz CT molecular complexity index is 250. The fraction of sp³-hybridized carbons (Fsp3) is 0.800. The zero-order chi connectivity index (χ0) is 11.4. The number of hydrogen-bond acceptors (Lipinski definition) is 5. The molecule has 0 bridgehead atoms. The minimum atomic E-state index is -0.604. The Hall–Kier alpha value is -1.10. The van der Waals surface area contributed by atoms with E-state index in [0.717, 1.165) is 0 Å². The van der Waals surface area contributed by atoms with Gasteiger partial charge in [-0.3, -0.25) is 9.59 Å². The van der Waals surface area contributed by atoms with E-state index >= 15 is 0 Å². The van der Waals surface area contributed by atoms with Gasteiger partial charge in [0.05, 0.1) is 19.1 Å². The lowest BCUT2D eigenvalue weighted by Gasteiger charge is -2.30. The van der Waals surface area contributed by atoms with E-state index < -0.39 is 12.1 Å². The number of hydrogen-bond donors (Lipinski definition) is 1. The van der Waals surface area contributed by atoms with Gasteiger partial charge in [0.2, 0.25) is 0 Å². The summed E-state index contributed by atoms with van der Waals surface area (Å²) in [6.07, 6.45) is 0.225. The first-order chi connectivity index (χ1) is 7.02. The van der Waals surface area contributed by atoms with Crippen LogP contribution in [0.3, 0.4) is 0 Å². The lowest BCUT2D eigenvalue weighted by Crippen LogP contribution is -2.36. The van der Waals surface area contributed by atoms with Gasteiger partial charge in [-0.1, -0.05) is 0 Å². The number of methoxy groups -OCH3 is 1. The number of aliphatic hydroxyl groups excluding tert-OH is 1. The SMILES string of the molecule is COC(=O)C1CC(O)CC(OC(C)=O)C1. The Labute approximate surface area is 88.4 Å². The zero-order valence-corrected chi connectivity index (χ0v) is 8.93. The second kappa shape index (κ2) is 5.11. The molecule has 1 N–H and O–H groups in total. The quantitative estimate of drug-likeness (QED) is 0.670. The first-order valence-electron chi connectivity index (χ1n) is 4.96. The number of carbonyl (C=O) groups excluding carboxylic acids is 2. The minimum absolute atomic E-state index is 0.356. The molecular formula is C10H16O5. The average Bonchev–Trinajstić information content (AvgIpc) is 2.14. The molecule has 1 fully saturated rings. The van der Waals surface area contributed by atoms with Crippen LogP contribution in [0.1, 0.15) is 26.2 Å². The highest BCUT2D eigenvalue weighted by Gasteiger charge is 2.34. The van der Waals surface area contributed by atoms with E-state index in [0.29, 0.717) is 19.3 Å². The van der Waals surface area contributed by atoms with Crippen LogP contribution in [0.2, 0.25) is 0 Å². The van der Waals surface area contributed by atoms with Crippen molar-refractivity contribution in [3.8, 4) is 0 Å². The number of aliphatic hydroxyl groups is 1. The van der Waals surface area contributed by atoms with Gasteiger partial charge >= 0.3 is 11.9 Å². The molecule has 1 saturated carbocycles. The highest BCUT2D eigenvalue weighted by atomic mass is 16.5. The normalized spacial score (nSPS) is 30.7. The van der Waals surface area contributed by atoms with Crippen molar-refractivity contribution in [3.05, 3.63) is 0 Å². The molecule has 0 spiro atoms. The van der Waals surface area contributed by atoms with Crippen molar-refractivity contribution in [2.75, 3.05) is 7.11 Å². The lowest BCUT2D eigenvalue weighted by atomic mass is 9.85. The average molecular weight is 216 g/mol. The van der Waals surface area contributed by atoms with Gasteiger partial charge in [0.25, 0.3) is 0 Å². The summed E-state index contributed by atoms with van der Waals surface area (Å²) >= 11 is 0. The van der Waals surface area contributed by atoms with Crippen molar-refractivity contribution in [2.24, 2.45) is 5.92 Å². The lowest BCUT2D eigenvalue weighted by molar-refractivity contribution is -0.158. The fourth-order valence-corrected chi connectivity index (χ4v) is 1.93. The molecule has 0 aromatic rings. The first-order valence-corrected chi connectivity index (χ1v) is 4.96. The van der Waals surface area contributed by atoms with E-state index in [1.165, 1.54) is 14.0 Å². The van der Waals surface area contributed by atoms with Crippen molar-refractivity contribution in [3.63, 3.8) is 0 Å². The van der Waals surface area contributed by atoms with Gasteiger partial charge in [-0.05, 0) is 12.8 Å². The fourth-order valence-electron chi connectivity index (χ4n) is 1.93. The topological polar surface area (TPSA) is 72.8 Å². The summed E-state index contributed by atoms with van der Waals surface area (Å²) in [5.74, 6) is -1.12. The van der Waals surface area contributed by atoms with E-state index in [4.69, 9.17) is 4.74 Å². The van der Waals surface area contributed by atoms with Crippen LogP contribution in [-0.4, -0.2) is 36.4 Å². The Morgan fingerprint density at radius 3 is 2.47 bits per heavy atom. The molecule has 86 valence electrons. The third-order valence-corrected chi connectivity index (χ3v) is 2.51. The van der Waals surface area contributed by atoms with Crippen LogP contribution >= 0.6 is 0 Å². The van der Waals surface area contributed by atoms with Crippen molar-refractivity contribution in [2.45, 2.75) is 38.4 Å². The molecule has 0 heterocycles. The van der Waals surface area contributed by atoms with Crippen LogP contribution in [0, 0.1) is 5.92 Å². The molecule has 0 saturated heterocycles. The van der Waals surface area contributed by atoms with Crippen LogP contribution in [-0.2, 0) is 19.1 Å². The van der Waals surface area contributed by atoms with Crippen molar-refractivity contribution in [1.29, 1.82) is 0 Å². The smallest absolute Gasteiger partial charge is 0.308 e. The van der Waals surface area contributed by atoms with Gasteiger partial charge < -0.3 is 14.6 Å². The maximum atomic E-state index is 11.3. The van der Waals surface area contributed by atoms with Crippen LogP contribution in [0.5, 0.6) is 0 Å². The van der Waals surface area contributed by atoms with Crippen molar-refractivity contribution < 1.29 is 24.2 Å². The largest absolute Gasteiger partial charge is 0.469 e. The molecular weight excluding hydrogens is 200 g/mol. The maximum Gasteiger partial charge on any atom is 0.308 e. The summed E-state index contributed by atoms with van der Waals surface area (Å²) in [6, 6.07) is 0. The molecule has 15 heavy (non-hydrogen) atoms. The molecule has 5 nitrogen and oxygen atoms in total. The molecule has 5 heteroatoms. The van der Waals surface area contributed by atoms with Crippen LogP contribution < -0.4 is 0 Å². The van der Waals surface area contributed by atoms with Crippen LogP contribution in [0.25, 0.3) is 0 Å². The standard InChI is InChI=1S/C10H16O5/c1-6(11)15-9-4-7(10(13)14-2)3-8(12)5-9/h7-9,12H,3-5H2,1-2H3. The number of ether oxygens (including phenoxy) is 2. The number of carbonyl (C=O) groups is 2. The van der Waals surface area contributed by atoms with Gasteiger partial charge in [0.1, 0.15) is 6.10 Å². The number of esters is 2. The monoisotopic (exact) mass is 216 g/mol. The third-order valence-electron chi connectivity index (χ3n) is 2.51. The Morgan fingerprint density at radius 1 is 1.27 bits per heavy atom. The van der Waals surface area contributed by atoms with Crippen LogP contribution in [0.15, 0.2) is 0 Å². The van der Waals surface area contributed by atoms with Crippen LogP contribution in [0.4, 0.5) is 0 Å². The second-order valence-electron chi connectivity index (χ2n) is 3.81. The van der Waals surface area contributed by atoms with E-state index in [2.05, 4.69) is 4.74 Å². The molecule has 0 aliphatic heterocycles. The Balaban J connectivity index is 2.55. The number of rotatable bonds is 2. The molecule has 3 atom stereocenters. The molecule has 0 aromatic heterocycles. The molecule has 1 aliphatic rings. The third kappa shape index (κ3) is 3.51. The van der Waals surface area contributed by atoms with E-state index in [1.54, 1.807) is 0 Å². The summed E-state index contributed by atoms with van der Waals surface area (Å²) in [7, 11) is 1.31. The minimum Gasteiger partial charge on any atom is -0.469 e. The van der Waals surface area contributed by atoms with Gasteiger partial charge in [0, 0.05) is 13.3 Å². The highest BCUT2D eigenvalue weighted by Crippen LogP contribution is 2.27. The second-order valence-corrected chi connectivity index (χ2v) is 3.81. The summed E-state index contributed by atoms with van der Waals surface area (Å²) < 4.78 is 9.58. The summed E-state index contributed by atoms with van der Waals surface area (Å²) in [6.45, 7) is 1.31. The first kappa shape index (κ1) is 12.0. The van der Waals surface area contributed by atoms with Gasteiger partial charge in [-0.2, -0.15) is 0 Å². The van der Waals surface area contributed by atoms with E-state index in [1.807, 2.05) is 0 Å². The molecule has 0 amide bonds. The summed E-state index contributed by atoms with van der Waals surface area (Å²) in [5, 5.41) is 9.51. The highest BCUT2D eigenvalue weighted by molar-refractivity contribution is 5.72. The van der Waals surface area contributed by atoms with E-state index in [9.17, 15) is 14.7 Å². The Morgan fingerprint density at radius 2 is 1.93 bits per heavy atom. The Kier molecular flexibility index (Phi) is 4.08. The summed E-state index contributed by atoms with van der Waals surface area (Å²) in [4.78, 5) is 22.0. The maximum absolute atomic E-state index is 11.3. The summed E-state index contributed by atoms with van der Waals surface area (Å²) in [5.41, 5.74) is 0. The van der Waals surface area contributed by atoms with Gasteiger partial charge in [-0.15, -0.1) is 0 Å². The van der Waals surface area contributed by atoms with Gasteiger partial charge in [-0.25, -0.2) is 0 Å². The molecule has 3 unspecified atom stereocenters. The predicted octanol–water partition coefficient (Wildman–Crippen LogP) is 0.252.